The topological polar surface area (TPSA) is 106 Å². The highest BCUT2D eigenvalue weighted by Crippen LogP contribution is 2.32. The Morgan fingerprint density at radius 1 is 1.15 bits per heavy atom. The molecule has 40 heavy (non-hydrogen) atoms. The summed E-state index contributed by atoms with van der Waals surface area (Å²) in [7, 11) is 0. The van der Waals surface area contributed by atoms with Crippen LogP contribution in [0.25, 0.3) is 32.7 Å². The van der Waals surface area contributed by atoms with Crippen molar-refractivity contribution in [2.24, 2.45) is 5.92 Å². The summed E-state index contributed by atoms with van der Waals surface area (Å²) in [5.74, 6) is 1.85. The van der Waals surface area contributed by atoms with Gasteiger partial charge in [0.15, 0.2) is 0 Å². The van der Waals surface area contributed by atoms with Crippen LogP contribution in [0, 0.1) is 12.8 Å². The van der Waals surface area contributed by atoms with Gasteiger partial charge in [0.1, 0.15) is 27.6 Å². The lowest BCUT2D eigenvalue weighted by molar-refractivity contribution is -0.119. The van der Waals surface area contributed by atoms with Gasteiger partial charge in [0, 0.05) is 25.6 Å². The molecular formula is C31H30N4O4S. The van der Waals surface area contributed by atoms with Gasteiger partial charge in [0.2, 0.25) is 5.91 Å². The molecule has 2 N–H and O–H groups in total. The van der Waals surface area contributed by atoms with E-state index in [0.29, 0.717) is 33.4 Å². The Morgan fingerprint density at radius 3 is 2.75 bits per heavy atom. The fourth-order valence-electron chi connectivity index (χ4n) is 5.79. The number of aromatic nitrogens is 3. The second-order valence-corrected chi connectivity index (χ2v) is 11.5. The highest BCUT2D eigenvalue weighted by molar-refractivity contribution is 7.17. The molecular weight excluding hydrogens is 524 g/mol. The summed E-state index contributed by atoms with van der Waals surface area (Å²) in [6.45, 7) is 3.47. The van der Waals surface area contributed by atoms with Crippen molar-refractivity contribution in [3.05, 3.63) is 81.4 Å². The molecule has 2 aromatic carbocycles. The van der Waals surface area contributed by atoms with Gasteiger partial charge < -0.3 is 15.2 Å². The van der Waals surface area contributed by atoms with Gasteiger partial charge in [0.05, 0.1) is 21.1 Å². The minimum Gasteiger partial charge on any atom is -0.511 e. The molecule has 1 fully saturated rings. The van der Waals surface area contributed by atoms with Crippen LogP contribution in [0.4, 0.5) is 0 Å². The lowest BCUT2D eigenvalue weighted by atomic mass is 9.83. The molecule has 0 saturated heterocycles. The first kappa shape index (κ1) is 26.0. The van der Waals surface area contributed by atoms with Crippen molar-refractivity contribution in [2.45, 2.75) is 52.0 Å². The maximum Gasteiger partial charge on any atom is 0.353 e. The average molecular weight is 555 g/mol. The lowest BCUT2D eigenvalue weighted by Crippen LogP contribution is -2.37. The Hall–Kier alpha value is -4.24. The molecule has 0 unspecified atom stereocenters. The number of aliphatic hydroxyl groups excluding tert-OH is 1. The van der Waals surface area contributed by atoms with Crippen LogP contribution < -0.4 is 20.3 Å². The molecule has 0 bridgehead atoms. The predicted molar refractivity (Wildman–Crippen MR) is 157 cm³/mol. The van der Waals surface area contributed by atoms with Gasteiger partial charge in [-0.1, -0.05) is 24.6 Å². The van der Waals surface area contributed by atoms with Crippen molar-refractivity contribution in [3.63, 3.8) is 0 Å². The fraction of sp³-hybridized carbons (Fsp3) is 0.290. The van der Waals surface area contributed by atoms with Crippen LogP contribution in [0.3, 0.4) is 0 Å². The van der Waals surface area contributed by atoms with Crippen molar-refractivity contribution in [1.82, 2.24) is 19.9 Å². The van der Waals surface area contributed by atoms with Gasteiger partial charge in [0.25, 0.3) is 0 Å². The Morgan fingerprint density at radius 2 is 1.98 bits per heavy atom. The maximum atomic E-state index is 13.5. The molecule has 1 aliphatic carbocycles. The number of para-hydroxylation sites is 1. The molecule has 1 amide bonds. The third-order valence-corrected chi connectivity index (χ3v) is 8.64. The number of ether oxygens (including phenoxy) is 1. The number of nitrogens with zero attached hydrogens (tertiary/aromatic N) is 3. The Balaban J connectivity index is 1.38. The zero-order valence-electron chi connectivity index (χ0n) is 22.4. The minimum atomic E-state index is -0.421. The second kappa shape index (κ2) is 10.7. The standard InChI is InChI=1S/C31H30N4O4S/c1-18-15-23(39-22-9-4-3-5-10-22)11-12-24(18)35-25-13-14-32-30-27(25)28(34-31(35)38)29(40-30)26(37)17-20-7-6-8-21(16-20)33-19(2)36/h3-5,9-15,20-21,37H,6-8,16-17H2,1-2H3,(H,33,36)/t20-,21-/m0/s1. The molecule has 0 radical (unpaired) electrons. The number of aliphatic hydroxyl groups is 1. The van der Waals surface area contributed by atoms with Crippen molar-refractivity contribution in [2.75, 3.05) is 0 Å². The summed E-state index contributed by atoms with van der Waals surface area (Å²) in [6, 6.07) is 17.1. The zero-order valence-corrected chi connectivity index (χ0v) is 23.2. The van der Waals surface area contributed by atoms with Crippen molar-refractivity contribution in [3.8, 4) is 17.2 Å². The molecule has 1 aliphatic rings. The number of benzene rings is 2. The first-order valence-electron chi connectivity index (χ1n) is 13.5. The summed E-state index contributed by atoms with van der Waals surface area (Å²) in [5, 5.41) is 15.0. The molecule has 1 saturated carbocycles. The minimum absolute atomic E-state index is 0.0261. The molecule has 3 aromatic heterocycles. The molecule has 3 heterocycles. The number of aryl methyl sites for hydroxylation is 1. The number of amides is 1. The fourth-order valence-corrected chi connectivity index (χ4v) is 6.85. The summed E-state index contributed by atoms with van der Waals surface area (Å²) in [5.41, 5.74) is 2.33. The van der Waals surface area contributed by atoms with Crippen LogP contribution in [-0.2, 0) is 4.79 Å². The number of rotatable bonds is 6. The van der Waals surface area contributed by atoms with E-state index < -0.39 is 5.69 Å². The second-order valence-electron chi connectivity index (χ2n) is 10.5. The first-order chi connectivity index (χ1) is 19.4. The molecule has 8 nitrogen and oxygen atoms in total. The number of pyridine rings is 1. The lowest BCUT2D eigenvalue weighted by Gasteiger charge is -2.29. The van der Waals surface area contributed by atoms with Crippen LogP contribution in [0.15, 0.2) is 65.6 Å². The van der Waals surface area contributed by atoms with E-state index in [-0.39, 0.29) is 23.6 Å². The SMILES string of the molecule is CC(=O)N[C@H]1CCC[C@H](CC(O)=c2sc3nccc4c3c2nc(=O)n4-c2ccc(Oc3ccccc3)cc2C)C1. The van der Waals surface area contributed by atoms with E-state index in [1.165, 1.54) is 18.3 Å². The van der Waals surface area contributed by atoms with Gasteiger partial charge in [-0.05, 0) is 74.1 Å². The Kier molecular flexibility index (Phi) is 6.98. The van der Waals surface area contributed by atoms with Crippen LogP contribution in [0.5, 0.6) is 11.5 Å². The quantitative estimate of drug-likeness (QED) is 0.284. The predicted octanol–water partition coefficient (Wildman–Crippen LogP) is 5.57. The van der Waals surface area contributed by atoms with Crippen LogP contribution in [-0.4, -0.2) is 31.6 Å². The summed E-state index contributed by atoms with van der Waals surface area (Å²) in [4.78, 5) is 34.8. The van der Waals surface area contributed by atoms with Crippen molar-refractivity contribution in [1.29, 1.82) is 0 Å². The van der Waals surface area contributed by atoms with Gasteiger partial charge in [-0.3, -0.25) is 9.36 Å². The number of hydrogen-bond donors (Lipinski definition) is 2. The normalized spacial score (nSPS) is 18.1. The average Bonchev–Trinajstić information content (AvgIpc) is 3.29. The molecule has 204 valence electrons. The number of thiophene rings is 1. The highest BCUT2D eigenvalue weighted by Gasteiger charge is 2.25. The summed E-state index contributed by atoms with van der Waals surface area (Å²) in [6.07, 6.45) is 5.92. The van der Waals surface area contributed by atoms with Gasteiger partial charge in [-0.25, -0.2) is 9.78 Å². The van der Waals surface area contributed by atoms with Crippen molar-refractivity contribution >= 4 is 44.3 Å². The molecule has 0 aliphatic heterocycles. The third kappa shape index (κ3) is 5.04. The van der Waals surface area contributed by atoms with Crippen LogP contribution >= 0.6 is 11.3 Å². The molecule has 2 atom stereocenters. The van der Waals surface area contributed by atoms with E-state index in [0.717, 1.165) is 47.2 Å². The van der Waals surface area contributed by atoms with Gasteiger partial charge >= 0.3 is 5.69 Å². The Labute approximate surface area is 235 Å². The van der Waals surface area contributed by atoms with Crippen LogP contribution in [0.1, 0.15) is 44.6 Å². The first-order valence-corrected chi connectivity index (χ1v) is 14.3. The molecule has 6 rings (SSSR count). The van der Waals surface area contributed by atoms with E-state index >= 15 is 0 Å². The number of carbonyl (C=O) groups is 1. The Bertz CT molecular complexity index is 1830. The molecule has 5 aromatic rings. The summed E-state index contributed by atoms with van der Waals surface area (Å²) >= 11 is 1.36. The highest BCUT2D eigenvalue weighted by atomic mass is 32.1. The number of nitrogens with one attached hydrogen (secondary N) is 1. The van der Waals surface area contributed by atoms with E-state index in [1.807, 2.05) is 61.5 Å². The zero-order chi connectivity index (χ0) is 27.8. The molecule has 9 heteroatoms. The summed E-state index contributed by atoms with van der Waals surface area (Å²) < 4.78 is 8.17. The number of carbonyl (C=O) groups excluding carboxylic acids is 1. The smallest absolute Gasteiger partial charge is 0.353 e. The third-order valence-electron chi connectivity index (χ3n) is 7.51. The van der Waals surface area contributed by atoms with Crippen molar-refractivity contribution < 1.29 is 14.6 Å². The largest absolute Gasteiger partial charge is 0.511 e. The van der Waals surface area contributed by atoms with Gasteiger partial charge in [-0.15, -0.1) is 11.3 Å². The van der Waals surface area contributed by atoms with Gasteiger partial charge in [-0.2, -0.15) is 4.98 Å². The van der Waals surface area contributed by atoms with Crippen LogP contribution in [0.2, 0.25) is 0 Å². The van der Waals surface area contributed by atoms with E-state index in [9.17, 15) is 14.7 Å². The van der Waals surface area contributed by atoms with E-state index in [2.05, 4.69) is 15.3 Å². The molecule has 0 spiro atoms. The number of hydrogen-bond acceptors (Lipinski definition) is 7. The maximum absolute atomic E-state index is 13.5. The van der Waals surface area contributed by atoms with E-state index in [1.54, 1.807) is 10.8 Å². The monoisotopic (exact) mass is 554 g/mol. The van der Waals surface area contributed by atoms with E-state index in [4.69, 9.17) is 4.74 Å².